The number of nitrogens with zero attached hydrogens (tertiary/aromatic N) is 1. The first-order chi connectivity index (χ1) is 12.5. The number of benzene rings is 1. The summed E-state index contributed by atoms with van der Waals surface area (Å²) in [5.74, 6) is -0.600. The predicted octanol–water partition coefficient (Wildman–Crippen LogP) is 1.06. The van der Waals surface area contributed by atoms with Gasteiger partial charge in [0.25, 0.3) is 5.91 Å². The van der Waals surface area contributed by atoms with E-state index in [9.17, 15) is 14.4 Å². The third-order valence-electron chi connectivity index (χ3n) is 5.71. The molecule has 4 rings (SSSR count). The molecule has 0 bridgehead atoms. The van der Waals surface area contributed by atoms with E-state index in [1.165, 1.54) is 0 Å². The smallest absolute Gasteiger partial charge is 0.325 e. The van der Waals surface area contributed by atoms with Crippen molar-refractivity contribution in [3.8, 4) is 0 Å². The number of aryl methyl sites for hydroxylation is 1. The first-order valence-corrected chi connectivity index (χ1v) is 9.25. The van der Waals surface area contributed by atoms with Crippen LogP contribution in [0.25, 0.3) is 0 Å². The lowest BCUT2D eigenvalue weighted by Crippen LogP contribution is -2.50. The number of hydrogen-bond acceptors (Lipinski definition) is 4. The van der Waals surface area contributed by atoms with E-state index in [0.29, 0.717) is 12.5 Å². The predicted molar refractivity (Wildman–Crippen MR) is 103 cm³/mol. The third-order valence-corrected chi connectivity index (χ3v) is 5.71. The molecule has 3 aliphatic rings. The molecule has 1 aliphatic carbocycles. The van der Waals surface area contributed by atoms with Crippen LogP contribution in [0.2, 0.25) is 0 Å². The average molecular weight is 393 g/mol. The highest BCUT2D eigenvalue weighted by Gasteiger charge is 2.55. The summed E-state index contributed by atoms with van der Waals surface area (Å²) < 4.78 is 0. The Labute approximate surface area is 164 Å². The number of carbonyl (C=O) groups is 3. The molecular formula is C19H25ClN4O3. The monoisotopic (exact) mass is 392 g/mol. The summed E-state index contributed by atoms with van der Waals surface area (Å²) in [7, 11) is 0. The second-order valence-corrected chi connectivity index (χ2v) is 7.53. The number of urea groups is 1. The van der Waals surface area contributed by atoms with Crippen molar-refractivity contribution in [2.75, 3.05) is 13.1 Å². The van der Waals surface area contributed by atoms with Gasteiger partial charge in [0.2, 0.25) is 5.91 Å². The minimum Gasteiger partial charge on any atom is -0.352 e. The summed E-state index contributed by atoms with van der Waals surface area (Å²) in [4.78, 5) is 38.9. The van der Waals surface area contributed by atoms with Crippen molar-refractivity contribution in [1.29, 1.82) is 0 Å². The Morgan fingerprint density at radius 2 is 2.11 bits per heavy atom. The van der Waals surface area contributed by atoms with Gasteiger partial charge in [0.05, 0.1) is 0 Å². The van der Waals surface area contributed by atoms with E-state index in [4.69, 9.17) is 0 Å². The van der Waals surface area contributed by atoms with Crippen molar-refractivity contribution < 1.29 is 14.4 Å². The molecule has 7 nitrogen and oxygen atoms in total. The minimum atomic E-state index is -1.00. The van der Waals surface area contributed by atoms with E-state index in [0.717, 1.165) is 41.8 Å². The van der Waals surface area contributed by atoms with Crippen LogP contribution in [0.4, 0.5) is 4.79 Å². The van der Waals surface area contributed by atoms with Crippen LogP contribution in [0.1, 0.15) is 37.3 Å². The molecule has 1 aromatic carbocycles. The van der Waals surface area contributed by atoms with Gasteiger partial charge < -0.3 is 16.0 Å². The highest BCUT2D eigenvalue weighted by Crippen LogP contribution is 2.41. The zero-order chi connectivity index (χ0) is 18.3. The van der Waals surface area contributed by atoms with Gasteiger partial charge in [-0.3, -0.25) is 14.5 Å². The second kappa shape index (κ2) is 7.48. The number of nitrogens with one attached hydrogen (secondary N) is 3. The first kappa shape index (κ1) is 19.6. The van der Waals surface area contributed by atoms with Crippen molar-refractivity contribution in [2.45, 2.75) is 50.2 Å². The minimum absolute atomic E-state index is 0. The van der Waals surface area contributed by atoms with E-state index in [2.05, 4.69) is 22.9 Å². The normalized spacial score (nSPS) is 29.3. The van der Waals surface area contributed by atoms with Crippen molar-refractivity contribution in [3.63, 3.8) is 0 Å². The molecule has 2 heterocycles. The maximum absolute atomic E-state index is 13.0. The number of amides is 4. The maximum atomic E-state index is 13.0. The molecule has 3 unspecified atom stereocenters. The fourth-order valence-electron chi connectivity index (χ4n) is 4.41. The fourth-order valence-corrected chi connectivity index (χ4v) is 4.41. The van der Waals surface area contributed by atoms with E-state index in [1.54, 1.807) is 0 Å². The molecule has 0 aromatic heterocycles. The number of rotatable bonds is 3. The maximum Gasteiger partial charge on any atom is 0.325 e. The summed E-state index contributed by atoms with van der Waals surface area (Å²) in [5, 5.41) is 9.15. The molecule has 0 saturated carbocycles. The molecule has 1 spiro atoms. The van der Waals surface area contributed by atoms with Gasteiger partial charge in [-0.1, -0.05) is 24.3 Å². The summed E-state index contributed by atoms with van der Waals surface area (Å²) in [6.07, 6.45) is 2.99. The Balaban J connectivity index is 0.00000210. The molecule has 4 amide bonds. The third kappa shape index (κ3) is 3.41. The van der Waals surface area contributed by atoms with Crippen LogP contribution in [0.3, 0.4) is 0 Å². The molecule has 27 heavy (non-hydrogen) atoms. The Bertz CT molecular complexity index is 771. The number of fused-ring (bicyclic) bond motifs is 2. The SMILES string of the molecule is CC1CC(NC(=O)CN2C(=O)NC3(CCc4ccccc43)C2=O)CCN1.Cl. The van der Waals surface area contributed by atoms with Crippen LogP contribution < -0.4 is 16.0 Å². The van der Waals surface area contributed by atoms with E-state index in [-0.39, 0.29) is 36.8 Å². The van der Waals surface area contributed by atoms with Gasteiger partial charge in [0.15, 0.2) is 0 Å². The number of piperidine rings is 1. The molecule has 2 fully saturated rings. The molecule has 2 aliphatic heterocycles. The molecule has 8 heteroatoms. The van der Waals surface area contributed by atoms with E-state index >= 15 is 0 Å². The van der Waals surface area contributed by atoms with Crippen LogP contribution in [-0.4, -0.2) is 47.9 Å². The highest BCUT2D eigenvalue weighted by atomic mass is 35.5. The van der Waals surface area contributed by atoms with Crippen LogP contribution >= 0.6 is 12.4 Å². The van der Waals surface area contributed by atoms with Gasteiger partial charge in [-0.05, 0) is 50.3 Å². The number of halogens is 1. The molecule has 146 valence electrons. The van der Waals surface area contributed by atoms with E-state index in [1.807, 2.05) is 24.3 Å². The topological polar surface area (TPSA) is 90.5 Å². The van der Waals surface area contributed by atoms with Crippen molar-refractivity contribution in [2.24, 2.45) is 0 Å². The van der Waals surface area contributed by atoms with Gasteiger partial charge in [-0.25, -0.2) is 4.79 Å². The number of imide groups is 1. The summed E-state index contributed by atoms with van der Waals surface area (Å²) >= 11 is 0. The quantitative estimate of drug-likeness (QED) is 0.671. The Hall–Kier alpha value is -2.12. The second-order valence-electron chi connectivity index (χ2n) is 7.53. The number of carbonyl (C=O) groups excluding carboxylic acids is 3. The Morgan fingerprint density at radius 1 is 1.33 bits per heavy atom. The lowest BCUT2D eigenvalue weighted by Gasteiger charge is -2.29. The van der Waals surface area contributed by atoms with Gasteiger partial charge in [0, 0.05) is 12.1 Å². The molecule has 2 saturated heterocycles. The highest BCUT2D eigenvalue weighted by molar-refractivity contribution is 6.09. The van der Waals surface area contributed by atoms with Gasteiger partial charge in [-0.15, -0.1) is 12.4 Å². The molecular weight excluding hydrogens is 368 g/mol. The first-order valence-electron chi connectivity index (χ1n) is 9.25. The zero-order valence-corrected chi connectivity index (χ0v) is 16.1. The molecule has 0 radical (unpaired) electrons. The largest absolute Gasteiger partial charge is 0.352 e. The van der Waals surface area contributed by atoms with Gasteiger partial charge in [-0.2, -0.15) is 0 Å². The number of hydrogen-bond donors (Lipinski definition) is 3. The lowest BCUT2D eigenvalue weighted by atomic mass is 9.92. The molecule has 3 atom stereocenters. The van der Waals surface area contributed by atoms with Crippen LogP contribution in [0.15, 0.2) is 24.3 Å². The lowest BCUT2D eigenvalue weighted by molar-refractivity contribution is -0.135. The standard InChI is InChI=1S/C19H24N4O3.ClH/c1-12-10-14(7-9-20-12)21-16(24)11-23-17(25)19(22-18(23)26)8-6-13-4-2-3-5-15(13)19;/h2-5,12,14,20H,6-11H2,1H3,(H,21,24)(H,22,26);1H. The molecule has 3 N–H and O–H groups in total. The van der Waals surface area contributed by atoms with Crippen molar-refractivity contribution in [1.82, 2.24) is 20.9 Å². The Morgan fingerprint density at radius 3 is 2.89 bits per heavy atom. The Kier molecular flexibility index (Phi) is 5.44. The van der Waals surface area contributed by atoms with Crippen molar-refractivity contribution >= 4 is 30.3 Å². The van der Waals surface area contributed by atoms with Crippen molar-refractivity contribution in [3.05, 3.63) is 35.4 Å². The van der Waals surface area contributed by atoms with Gasteiger partial charge in [0.1, 0.15) is 12.1 Å². The zero-order valence-electron chi connectivity index (χ0n) is 15.3. The fraction of sp³-hybridized carbons (Fsp3) is 0.526. The summed E-state index contributed by atoms with van der Waals surface area (Å²) in [6, 6.07) is 7.63. The van der Waals surface area contributed by atoms with Gasteiger partial charge >= 0.3 is 6.03 Å². The van der Waals surface area contributed by atoms with Crippen LogP contribution in [-0.2, 0) is 21.5 Å². The summed E-state index contributed by atoms with van der Waals surface area (Å²) in [5.41, 5.74) is 0.932. The van der Waals surface area contributed by atoms with E-state index < -0.39 is 11.6 Å². The molecule has 1 aromatic rings. The average Bonchev–Trinajstić information content (AvgIpc) is 3.09. The summed E-state index contributed by atoms with van der Waals surface area (Å²) in [6.45, 7) is 2.71. The van der Waals surface area contributed by atoms with Crippen LogP contribution in [0, 0.1) is 0 Å². The van der Waals surface area contributed by atoms with Crippen LogP contribution in [0.5, 0.6) is 0 Å².